The molecule has 1 saturated heterocycles. The number of Topliss-reactive ketones (excluding diaryl/α,β-unsaturated/α-hetero) is 2. The normalized spacial score (nSPS) is 20.0. The smallest absolute Gasteiger partial charge is 0.373 e. The van der Waals surface area contributed by atoms with E-state index in [9.17, 15) is 59.5 Å². The highest BCUT2D eigenvalue weighted by molar-refractivity contribution is 7.86. The minimum Gasteiger partial charge on any atom is -0.748 e. The number of carbonyl (C=O) groups is 7. The largest absolute Gasteiger partial charge is 0.748 e. The number of nitrogens with zero attached hydrogens (tertiary/aromatic N) is 5. The number of likely N-dealkylation sites (N-methyl/N-ethyl adjacent to an activating group) is 4. The molecule has 4 unspecified atom stereocenters. The summed E-state index contributed by atoms with van der Waals surface area (Å²) in [6, 6.07) is 29.2. The van der Waals surface area contributed by atoms with Crippen LogP contribution in [0.4, 0.5) is 22.7 Å². The number of quaternary nitrogens is 2. The number of nitrogens with one attached hydrogen (secondary N) is 6. The summed E-state index contributed by atoms with van der Waals surface area (Å²) >= 11 is 0. The van der Waals surface area contributed by atoms with E-state index in [1.807, 2.05) is 142 Å². The lowest BCUT2D eigenvalue weighted by Gasteiger charge is -2.32. The maximum Gasteiger partial charge on any atom is 0.373 e. The fraction of sp³-hybridized carbons (Fsp3) is 0.452. The number of amides is 4. The Kier molecular flexibility index (Phi) is 27.3. The van der Waals surface area contributed by atoms with Crippen molar-refractivity contribution in [1.29, 1.82) is 0 Å². The molecule has 0 bridgehead atoms. The molecule has 113 heavy (non-hydrogen) atoms. The molecule has 4 atom stereocenters. The Morgan fingerprint density at radius 3 is 1.27 bits per heavy atom. The minimum absolute atomic E-state index is 0.0338. The zero-order valence-corrected chi connectivity index (χ0v) is 68.9. The van der Waals surface area contributed by atoms with Crippen LogP contribution in [0, 0.1) is 0 Å². The maximum absolute atomic E-state index is 14.3. The highest BCUT2D eigenvalue weighted by Crippen LogP contribution is 2.51. The van der Waals surface area contributed by atoms with Crippen molar-refractivity contribution < 1.29 is 92.9 Å². The number of unbranched alkanes of at least 4 members (excludes halogenated alkanes) is 4. The second-order valence-electron chi connectivity index (χ2n) is 32.0. The van der Waals surface area contributed by atoms with Crippen LogP contribution in [0.5, 0.6) is 0 Å². The molecule has 4 aromatic carbocycles. The number of fused-ring (bicyclic) bond motifs is 4. The molecule has 7 aliphatic rings. The summed E-state index contributed by atoms with van der Waals surface area (Å²) in [6.45, 7) is 22.1. The van der Waals surface area contributed by atoms with Crippen LogP contribution in [0.3, 0.4) is 0 Å². The van der Waals surface area contributed by atoms with Crippen molar-refractivity contribution >= 4 is 102 Å². The molecule has 29 heteroatoms. The number of rotatable bonds is 31. The van der Waals surface area contributed by atoms with Crippen LogP contribution in [-0.2, 0) is 89.9 Å². The van der Waals surface area contributed by atoms with E-state index in [4.69, 9.17) is 14.4 Å². The van der Waals surface area contributed by atoms with Gasteiger partial charge in [-0.1, -0.05) is 114 Å². The van der Waals surface area contributed by atoms with Crippen molar-refractivity contribution in [3.8, 4) is 0 Å². The standard InChI is InChI=1S/C44H54N6O9S.C39H51N5O5S.CO2/c1-43(2)30-15-10-12-17-33(30)48(6)35(43)25-28-40(29(41(28)54)26-36-44(3,4)31-16-11-13-18-34(31)49(36)7)46-32(27-60(56,57)58)42(55)45-22-24-47(5)23-14-8-9-19-39(53)59-50-37(51)20-21-38(50)52;1-9-10-15-21-42(6)22-20-40-37(46)30(25-50(47,48)49)41-35-26(23-33-38(2,3)28-16-11-13-18-31(28)43(33)7)36(45)27(35)24-34-39(4,5)29-17-12-14-19-32(29)44(34)8;2-1-3/h10-13,15-18,25-26,32H,8-9,14,19-24,27H2,1-7H3,(H2-,45,46,54,55,56,57,58);11-14,16-19,23-24,30H,9-10,15,20-22,25H2,1-8H3,(H2-,40,41,45,46,47,48,49);/p+2. The fourth-order valence-electron chi connectivity index (χ4n) is 16.1. The number of anilines is 2. The summed E-state index contributed by atoms with van der Waals surface area (Å²) in [6.07, 6.45) is 12.9. The van der Waals surface area contributed by atoms with Crippen LogP contribution in [0.1, 0.15) is 142 Å². The van der Waals surface area contributed by atoms with Crippen molar-refractivity contribution in [2.24, 2.45) is 0 Å². The summed E-state index contributed by atoms with van der Waals surface area (Å²) in [5.41, 5.74) is 11.9. The summed E-state index contributed by atoms with van der Waals surface area (Å²) < 4.78 is 77.3. The van der Waals surface area contributed by atoms with Gasteiger partial charge in [0.05, 0.1) is 118 Å². The molecule has 6 N–H and O–H groups in total. The van der Waals surface area contributed by atoms with Crippen LogP contribution in [-0.4, -0.2) is 204 Å². The van der Waals surface area contributed by atoms with Crippen LogP contribution in [0.15, 0.2) is 166 Å². The molecule has 604 valence electrons. The number of hydrogen-bond acceptors (Lipinski definition) is 20. The third-order valence-corrected chi connectivity index (χ3v) is 24.0. The van der Waals surface area contributed by atoms with Gasteiger partial charge in [-0.15, -0.1) is 5.06 Å². The predicted octanol–water partition coefficient (Wildman–Crippen LogP) is 4.58. The van der Waals surface area contributed by atoms with Crippen molar-refractivity contribution in [3.05, 3.63) is 189 Å². The lowest BCUT2D eigenvalue weighted by molar-refractivity contribution is -0.878. The van der Waals surface area contributed by atoms with Gasteiger partial charge >= 0.3 is 12.1 Å². The molecule has 11 rings (SSSR count). The Labute approximate surface area is 662 Å². The van der Waals surface area contributed by atoms with E-state index in [-0.39, 0.29) is 60.4 Å². The van der Waals surface area contributed by atoms with Crippen molar-refractivity contribution in [2.75, 3.05) is 103 Å². The third-order valence-electron chi connectivity index (χ3n) is 22.5. The van der Waals surface area contributed by atoms with Gasteiger partial charge in [-0.25, -0.2) is 21.6 Å². The van der Waals surface area contributed by atoms with E-state index < -0.39 is 95.1 Å². The maximum atomic E-state index is 14.3. The van der Waals surface area contributed by atoms with Gasteiger partial charge in [0.1, 0.15) is 26.2 Å². The van der Waals surface area contributed by atoms with E-state index in [0.29, 0.717) is 60.9 Å². The number of para-hydroxylation sites is 4. The highest BCUT2D eigenvalue weighted by Gasteiger charge is 2.50. The molecule has 4 amide bonds. The van der Waals surface area contributed by atoms with E-state index in [1.165, 1.54) is 4.90 Å². The van der Waals surface area contributed by atoms with Gasteiger partial charge in [0.25, 0.3) is 11.8 Å². The number of allylic oxidation sites excluding steroid dienone is 10. The van der Waals surface area contributed by atoms with Gasteiger partial charge in [0.2, 0.25) is 23.2 Å². The molecule has 2 aliphatic carbocycles. The SMILES string of the molecule is CCCCC[NH+](C)CCNC(=O)C(CS(=O)(=O)[O-])NC1=C(C=C2N(C)c3ccccc3C2(C)C)C(=O)C1=CC1=[N+](C)c2ccccc2C1(C)C.CN1C(=CC2=C(NC(CS(=O)(=O)[O-])C(=O)NCC[NH+](C)CCCCCC(=O)ON3C(=O)CCC3=O)C(=CC3=[N+](C)c4ccccc4C3(C)C)C2=O)C(C)(C)c2ccccc21.O=C=O. The third kappa shape index (κ3) is 19.2. The van der Waals surface area contributed by atoms with Gasteiger partial charge < -0.3 is 54.8 Å². The summed E-state index contributed by atoms with van der Waals surface area (Å²) in [5, 5.41) is 12.3. The minimum atomic E-state index is -4.91. The number of hydrogen-bond donors (Lipinski definition) is 6. The monoisotopic (exact) mass is 1590 g/mol. The topological polar surface area (TPSA) is 350 Å². The Balaban J connectivity index is 0.000000254. The van der Waals surface area contributed by atoms with E-state index in [2.05, 4.69) is 112 Å². The van der Waals surface area contributed by atoms with Crippen LogP contribution in [0.25, 0.3) is 0 Å². The van der Waals surface area contributed by atoms with Crippen molar-refractivity contribution in [2.45, 2.75) is 154 Å². The molecular formula is C84H107N11O16S2+2. The van der Waals surface area contributed by atoms with Gasteiger partial charge in [0.15, 0.2) is 23.0 Å². The average molecular weight is 1590 g/mol. The van der Waals surface area contributed by atoms with Gasteiger partial charge in [-0.05, 0) is 95.2 Å². The number of carbonyl (C=O) groups excluding carboxylic acids is 9. The lowest BCUT2D eigenvalue weighted by atomic mass is 9.77. The Morgan fingerprint density at radius 2 is 0.903 bits per heavy atom. The van der Waals surface area contributed by atoms with Crippen LogP contribution >= 0.6 is 0 Å². The summed E-state index contributed by atoms with van der Waals surface area (Å²) in [5.74, 6) is -5.49. The second kappa shape index (κ2) is 35.5. The Morgan fingerprint density at radius 1 is 0.540 bits per heavy atom. The molecular weight excluding hydrogens is 1480 g/mol. The first-order valence-corrected chi connectivity index (χ1v) is 41.5. The molecule has 27 nitrogen and oxygen atoms in total. The number of benzene rings is 4. The fourth-order valence-corrected chi connectivity index (χ4v) is 17.4. The van der Waals surface area contributed by atoms with E-state index >= 15 is 0 Å². The molecule has 5 heterocycles. The average Bonchev–Trinajstić information content (AvgIpc) is 1.63. The Bertz CT molecular complexity index is 4980. The molecule has 4 aromatic rings. The zero-order valence-electron chi connectivity index (χ0n) is 67.3. The summed E-state index contributed by atoms with van der Waals surface area (Å²) in [7, 11) is 2.03. The first kappa shape index (κ1) is 86.8. The number of imide groups is 1. The Hall–Kier alpha value is -10.1. The van der Waals surface area contributed by atoms with E-state index in [0.717, 1.165) is 105 Å². The molecule has 5 aliphatic heterocycles. The first-order chi connectivity index (χ1) is 53.1. The van der Waals surface area contributed by atoms with E-state index in [1.54, 1.807) is 12.2 Å². The second-order valence-corrected chi connectivity index (χ2v) is 34.9. The van der Waals surface area contributed by atoms with Crippen molar-refractivity contribution in [3.63, 3.8) is 0 Å². The van der Waals surface area contributed by atoms with Crippen molar-refractivity contribution in [1.82, 2.24) is 26.3 Å². The molecule has 0 spiro atoms. The zero-order chi connectivity index (χ0) is 83.0. The molecule has 1 fully saturated rings. The van der Waals surface area contributed by atoms with Gasteiger partial charge in [-0.3, -0.25) is 28.8 Å². The van der Waals surface area contributed by atoms with Gasteiger partial charge in [0, 0.05) is 114 Å². The summed E-state index contributed by atoms with van der Waals surface area (Å²) in [4.78, 5) is 119. The molecule has 0 aromatic heterocycles. The molecule has 0 radical (unpaired) electrons. The first-order valence-electron chi connectivity index (χ1n) is 38.3. The lowest BCUT2D eigenvalue weighted by Crippen LogP contribution is -3.09. The van der Waals surface area contributed by atoms with Crippen LogP contribution in [0.2, 0.25) is 0 Å². The predicted molar refractivity (Wildman–Crippen MR) is 425 cm³/mol. The number of ketones is 2. The molecule has 0 saturated carbocycles. The number of hydroxylamine groups is 2. The quantitative estimate of drug-likeness (QED) is 0.0132. The highest BCUT2D eigenvalue weighted by atomic mass is 32.2. The van der Waals surface area contributed by atoms with Crippen LogP contribution < -0.4 is 40.9 Å². The van der Waals surface area contributed by atoms with Gasteiger partial charge in [-0.2, -0.15) is 18.7 Å².